The molecule has 3 nitrogen and oxygen atoms in total. The second kappa shape index (κ2) is 7.01. The van der Waals surface area contributed by atoms with Crippen LogP contribution in [0.25, 0.3) is 0 Å². The summed E-state index contributed by atoms with van der Waals surface area (Å²) in [7, 11) is 1.72. The van der Waals surface area contributed by atoms with E-state index in [2.05, 4.69) is 38.7 Å². The van der Waals surface area contributed by atoms with Crippen LogP contribution in [0.3, 0.4) is 0 Å². The summed E-state index contributed by atoms with van der Waals surface area (Å²) in [4.78, 5) is 0. The van der Waals surface area contributed by atoms with Gasteiger partial charge >= 0.3 is 0 Å². The van der Waals surface area contributed by atoms with Crippen molar-refractivity contribution < 1.29 is 4.74 Å². The molecule has 3 rings (SSSR count). The molecule has 1 aliphatic carbocycles. The summed E-state index contributed by atoms with van der Waals surface area (Å²) in [6.45, 7) is 1.19. The molecule has 0 bridgehead atoms. The van der Waals surface area contributed by atoms with Gasteiger partial charge in [-0.3, -0.25) is 0 Å². The Morgan fingerprint density at radius 1 is 1.14 bits per heavy atom. The summed E-state index contributed by atoms with van der Waals surface area (Å²) in [6, 6.07) is 7.52. The first-order valence-electron chi connectivity index (χ1n) is 8.11. The molecule has 1 aliphatic heterocycles. The summed E-state index contributed by atoms with van der Waals surface area (Å²) in [6.07, 6.45) is 8.02. The molecule has 3 unspecified atom stereocenters. The number of benzene rings is 1. The minimum absolute atomic E-state index is 0.583. The van der Waals surface area contributed by atoms with Crippen LogP contribution in [0.1, 0.15) is 38.5 Å². The predicted molar refractivity (Wildman–Crippen MR) is 91.1 cm³/mol. The Kier molecular flexibility index (Phi) is 5.07. The highest BCUT2D eigenvalue weighted by Crippen LogP contribution is 2.35. The molecule has 3 atom stereocenters. The Labute approximate surface area is 136 Å². The molecule has 2 N–H and O–H groups in total. The van der Waals surface area contributed by atoms with E-state index in [0.717, 1.165) is 21.8 Å². The van der Waals surface area contributed by atoms with E-state index in [1.807, 2.05) is 6.07 Å². The average Bonchev–Trinajstić information content (AvgIpc) is 2.95. The van der Waals surface area contributed by atoms with Gasteiger partial charge in [-0.05, 0) is 50.3 Å². The van der Waals surface area contributed by atoms with E-state index in [9.17, 15) is 0 Å². The second-order valence-electron chi connectivity index (χ2n) is 6.28. The fourth-order valence-corrected chi connectivity index (χ4v) is 4.34. The van der Waals surface area contributed by atoms with Crippen molar-refractivity contribution in [1.82, 2.24) is 5.32 Å². The van der Waals surface area contributed by atoms with E-state index in [-0.39, 0.29) is 0 Å². The Morgan fingerprint density at radius 2 is 2.05 bits per heavy atom. The van der Waals surface area contributed by atoms with E-state index in [1.165, 1.54) is 45.1 Å². The van der Waals surface area contributed by atoms with Crippen molar-refractivity contribution in [3.63, 3.8) is 0 Å². The maximum absolute atomic E-state index is 5.36. The van der Waals surface area contributed by atoms with Crippen LogP contribution in [0.2, 0.25) is 0 Å². The third kappa shape index (κ3) is 3.72. The standard InChI is InChI=1S/C17H25BrN2O/c1-21-14-10-12(18)9-13(11-14)20-17-7-4-5-15(17)16-6-2-3-8-19-16/h9-11,15-17,19-20H,2-8H2,1H3. The molecule has 0 spiro atoms. The molecule has 1 aromatic rings. The molecule has 21 heavy (non-hydrogen) atoms. The molecule has 1 heterocycles. The zero-order valence-electron chi connectivity index (χ0n) is 12.7. The fraction of sp³-hybridized carbons (Fsp3) is 0.647. The Bertz CT molecular complexity index is 474. The van der Waals surface area contributed by atoms with Crippen molar-refractivity contribution in [2.45, 2.75) is 50.6 Å². The van der Waals surface area contributed by atoms with E-state index in [1.54, 1.807) is 7.11 Å². The SMILES string of the molecule is COc1cc(Br)cc(NC2CCCC2C2CCCCN2)c1. The van der Waals surface area contributed by atoms with E-state index >= 15 is 0 Å². The highest BCUT2D eigenvalue weighted by molar-refractivity contribution is 9.10. The summed E-state index contributed by atoms with van der Waals surface area (Å²) in [5, 5.41) is 7.49. The number of rotatable bonds is 4. The van der Waals surface area contributed by atoms with E-state index in [4.69, 9.17) is 4.74 Å². The smallest absolute Gasteiger partial charge is 0.122 e. The minimum Gasteiger partial charge on any atom is -0.497 e. The van der Waals surface area contributed by atoms with Gasteiger partial charge in [-0.15, -0.1) is 0 Å². The van der Waals surface area contributed by atoms with Crippen molar-refractivity contribution in [3.8, 4) is 5.75 Å². The van der Waals surface area contributed by atoms with Gasteiger partial charge in [0.15, 0.2) is 0 Å². The van der Waals surface area contributed by atoms with Gasteiger partial charge in [0.25, 0.3) is 0 Å². The predicted octanol–water partition coefficient (Wildman–Crippen LogP) is 4.18. The zero-order valence-corrected chi connectivity index (χ0v) is 14.3. The molecule has 1 saturated carbocycles. The lowest BCUT2D eigenvalue weighted by molar-refractivity contribution is 0.286. The zero-order chi connectivity index (χ0) is 14.7. The van der Waals surface area contributed by atoms with E-state index < -0.39 is 0 Å². The van der Waals surface area contributed by atoms with Crippen LogP contribution in [-0.4, -0.2) is 25.7 Å². The molecule has 116 valence electrons. The lowest BCUT2D eigenvalue weighted by Gasteiger charge is -2.33. The molecule has 2 aliphatic rings. The molecule has 2 fully saturated rings. The Balaban J connectivity index is 1.69. The molecule has 1 saturated heterocycles. The number of anilines is 1. The largest absolute Gasteiger partial charge is 0.497 e. The van der Waals surface area contributed by atoms with Crippen LogP contribution in [0.15, 0.2) is 22.7 Å². The Morgan fingerprint density at radius 3 is 2.81 bits per heavy atom. The molecule has 0 amide bonds. The molecule has 0 radical (unpaired) electrons. The normalized spacial score (nSPS) is 29.3. The average molecular weight is 353 g/mol. The van der Waals surface area contributed by atoms with Gasteiger partial charge in [-0.2, -0.15) is 0 Å². The summed E-state index contributed by atoms with van der Waals surface area (Å²) < 4.78 is 6.43. The summed E-state index contributed by atoms with van der Waals surface area (Å²) >= 11 is 3.56. The van der Waals surface area contributed by atoms with Crippen molar-refractivity contribution in [2.24, 2.45) is 5.92 Å². The monoisotopic (exact) mass is 352 g/mol. The summed E-state index contributed by atoms with van der Waals surface area (Å²) in [5.41, 5.74) is 1.16. The van der Waals surface area contributed by atoms with Crippen LogP contribution < -0.4 is 15.4 Å². The molecule has 0 aromatic heterocycles. The van der Waals surface area contributed by atoms with Crippen LogP contribution in [0, 0.1) is 5.92 Å². The second-order valence-corrected chi connectivity index (χ2v) is 7.20. The maximum atomic E-state index is 5.36. The maximum Gasteiger partial charge on any atom is 0.122 e. The minimum atomic E-state index is 0.583. The van der Waals surface area contributed by atoms with Crippen molar-refractivity contribution in [2.75, 3.05) is 19.0 Å². The van der Waals surface area contributed by atoms with Gasteiger partial charge in [0.2, 0.25) is 0 Å². The highest BCUT2D eigenvalue weighted by atomic mass is 79.9. The van der Waals surface area contributed by atoms with Gasteiger partial charge in [-0.1, -0.05) is 28.8 Å². The third-order valence-corrected chi connectivity index (χ3v) is 5.35. The quantitative estimate of drug-likeness (QED) is 0.852. The van der Waals surface area contributed by atoms with Gasteiger partial charge in [0.1, 0.15) is 5.75 Å². The number of piperidine rings is 1. The van der Waals surface area contributed by atoms with Crippen LogP contribution >= 0.6 is 15.9 Å². The van der Waals surface area contributed by atoms with Gasteiger partial charge in [0.05, 0.1) is 7.11 Å². The highest BCUT2D eigenvalue weighted by Gasteiger charge is 2.34. The molecule has 1 aromatic carbocycles. The number of ether oxygens (including phenoxy) is 1. The van der Waals surface area contributed by atoms with Crippen LogP contribution in [-0.2, 0) is 0 Å². The molecular weight excluding hydrogens is 328 g/mol. The van der Waals surface area contributed by atoms with Crippen molar-refractivity contribution in [3.05, 3.63) is 22.7 Å². The fourth-order valence-electron chi connectivity index (χ4n) is 3.87. The lowest BCUT2D eigenvalue weighted by atomic mass is 9.88. The third-order valence-electron chi connectivity index (χ3n) is 4.89. The number of hydrogen-bond donors (Lipinski definition) is 2. The molecular formula is C17H25BrN2O. The first-order chi connectivity index (χ1) is 10.3. The number of hydrogen-bond acceptors (Lipinski definition) is 3. The first kappa shape index (κ1) is 15.2. The van der Waals surface area contributed by atoms with E-state index in [0.29, 0.717) is 12.1 Å². The topological polar surface area (TPSA) is 33.3 Å². The van der Waals surface area contributed by atoms with Crippen LogP contribution in [0.4, 0.5) is 5.69 Å². The summed E-state index contributed by atoms with van der Waals surface area (Å²) in [5.74, 6) is 1.66. The van der Waals surface area contributed by atoms with Crippen LogP contribution in [0.5, 0.6) is 5.75 Å². The number of halogens is 1. The van der Waals surface area contributed by atoms with Gasteiger partial charge < -0.3 is 15.4 Å². The number of methoxy groups -OCH3 is 1. The molecule has 4 heteroatoms. The Hall–Kier alpha value is -0.740. The lowest BCUT2D eigenvalue weighted by Crippen LogP contribution is -2.44. The first-order valence-corrected chi connectivity index (χ1v) is 8.90. The van der Waals surface area contributed by atoms with Gasteiger partial charge in [-0.25, -0.2) is 0 Å². The van der Waals surface area contributed by atoms with Gasteiger partial charge in [0, 0.05) is 28.3 Å². The number of nitrogens with one attached hydrogen (secondary N) is 2. The van der Waals surface area contributed by atoms with Crippen molar-refractivity contribution in [1.29, 1.82) is 0 Å². The van der Waals surface area contributed by atoms with Crippen molar-refractivity contribution >= 4 is 21.6 Å².